The van der Waals surface area contributed by atoms with E-state index in [9.17, 15) is 13.8 Å². The Kier molecular flexibility index (Phi) is 6.07. The Morgan fingerprint density at radius 2 is 1.94 bits per heavy atom. The van der Waals surface area contributed by atoms with Crippen molar-refractivity contribution >= 4 is 44.6 Å². The van der Waals surface area contributed by atoms with E-state index < -0.39 is 22.6 Å². The fourth-order valence-corrected chi connectivity index (χ4v) is 3.93. The molecule has 36 heavy (non-hydrogen) atoms. The average Bonchev–Trinajstić information content (AvgIpc) is 3.68. The first-order chi connectivity index (χ1) is 18.3. The van der Waals surface area contributed by atoms with Crippen LogP contribution in [0.4, 0.5) is 23.0 Å². The van der Waals surface area contributed by atoms with Gasteiger partial charge in [-0.25, -0.2) is 14.2 Å². The van der Waals surface area contributed by atoms with Crippen LogP contribution in [0.3, 0.4) is 0 Å². The number of carbonyl (C=O) groups is 2. The number of nitrogens with zero attached hydrogens (tertiary/aromatic N) is 4. The summed E-state index contributed by atoms with van der Waals surface area (Å²) in [5.41, 5.74) is 1.55. The fourth-order valence-electron chi connectivity index (χ4n) is 3.38. The highest BCUT2D eigenvalue weighted by Crippen LogP contribution is 2.38. The third kappa shape index (κ3) is 5.95. The molecule has 1 saturated carbocycles. The predicted molar refractivity (Wildman–Crippen MR) is 138 cm³/mol. The third-order valence-corrected chi connectivity index (χ3v) is 5.80. The summed E-state index contributed by atoms with van der Waals surface area (Å²) in [6.07, 6.45) is 8.65. The van der Waals surface area contributed by atoms with Gasteiger partial charge in [-0.2, -0.15) is 4.36 Å². The standard InChI is InChI=1S/C24H27N7O4S/c1-25-24(33)16-11-27-20(30-23(32)14-8-9-14)10-18(16)29-17-7-5-6-15(22(17)35-2)19-12-28-21(13-26-19)31-36(3,4)34/h5-7,10-14H,8-9H2,1-4H3,(H,25,33)(H2,27,29,30,32)/i1D3. The minimum atomic E-state index is -2.72. The van der Waals surface area contributed by atoms with E-state index in [1.54, 1.807) is 18.2 Å². The summed E-state index contributed by atoms with van der Waals surface area (Å²) in [7, 11) is -0.947. The van der Waals surface area contributed by atoms with Gasteiger partial charge in [-0.15, -0.1) is 0 Å². The van der Waals surface area contributed by atoms with E-state index in [0.29, 0.717) is 22.7 Å². The number of carbonyl (C=O) groups excluding carboxylic acids is 2. The topological polar surface area (TPSA) is 148 Å². The maximum Gasteiger partial charge on any atom is 0.254 e. The zero-order chi connectivity index (χ0) is 28.4. The minimum absolute atomic E-state index is 0.0588. The van der Waals surface area contributed by atoms with E-state index in [2.05, 4.69) is 29.9 Å². The molecule has 3 N–H and O–H groups in total. The number of pyridine rings is 1. The molecular formula is C24H27N7O4S. The summed E-state index contributed by atoms with van der Waals surface area (Å²) < 4.78 is 43.8. The van der Waals surface area contributed by atoms with Gasteiger partial charge in [0.1, 0.15) is 5.82 Å². The molecule has 0 saturated heterocycles. The summed E-state index contributed by atoms with van der Waals surface area (Å²) in [6.45, 7) is -2.72. The second-order valence-electron chi connectivity index (χ2n) is 8.38. The van der Waals surface area contributed by atoms with Crippen LogP contribution < -0.4 is 20.7 Å². The Morgan fingerprint density at radius 3 is 2.58 bits per heavy atom. The zero-order valence-electron chi connectivity index (χ0n) is 22.9. The lowest BCUT2D eigenvalue weighted by Crippen LogP contribution is -2.20. The van der Waals surface area contributed by atoms with Crippen LogP contribution in [0.5, 0.6) is 5.75 Å². The Hall–Kier alpha value is -4.06. The monoisotopic (exact) mass is 512 g/mol. The third-order valence-electron chi connectivity index (χ3n) is 5.18. The minimum Gasteiger partial charge on any atom is -0.494 e. The van der Waals surface area contributed by atoms with Crippen LogP contribution in [0, 0.1) is 5.92 Å². The molecule has 1 aliphatic carbocycles. The Bertz CT molecular complexity index is 1530. The lowest BCUT2D eigenvalue weighted by Gasteiger charge is -2.17. The van der Waals surface area contributed by atoms with Crippen molar-refractivity contribution in [1.82, 2.24) is 20.3 Å². The summed E-state index contributed by atoms with van der Waals surface area (Å²) in [5, 5.41) is 7.78. The molecule has 0 spiro atoms. The van der Waals surface area contributed by atoms with Gasteiger partial charge in [0.25, 0.3) is 5.91 Å². The van der Waals surface area contributed by atoms with Gasteiger partial charge in [0, 0.05) is 57.1 Å². The molecule has 2 aromatic heterocycles. The highest BCUT2D eigenvalue weighted by Gasteiger charge is 2.30. The number of aromatic nitrogens is 3. The van der Waals surface area contributed by atoms with Crippen molar-refractivity contribution in [3.63, 3.8) is 0 Å². The fraction of sp³-hybridized carbons (Fsp3) is 0.292. The molecule has 3 aromatic rings. The first-order valence-electron chi connectivity index (χ1n) is 12.4. The number of ether oxygens (including phenoxy) is 1. The van der Waals surface area contributed by atoms with Crippen molar-refractivity contribution < 1.29 is 22.6 Å². The Labute approximate surface area is 213 Å². The SMILES string of the molecule is [2H]C([2H])([2H])NC(=O)c1cnc(NC(=O)C2CC2)cc1Nc1cccc(-c2cnc(N=S(C)(C)=O)cn2)c1OC. The maximum absolute atomic E-state index is 12.8. The van der Waals surface area contributed by atoms with Gasteiger partial charge in [-0.05, 0) is 25.0 Å². The van der Waals surface area contributed by atoms with Gasteiger partial charge >= 0.3 is 0 Å². The second kappa shape index (κ2) is 10.3. The summed E-state index contributed by atoms with van der Waals surface area (Å²) in [4.78, 5) is 37.8. The van der Waals surface area contributed by atoms with Gasteiger partial charge in [0.2, 0.25) is 5.91 Å². The van der Waals surface area contributed by atoms with Crippen LogP contribution in [-0.4, -0.2) is 57.6 Å². The first-order valence-corrected chi connectivity index (χ1v) is 13.2. The molecule has 0 bridgehead atoms. The van der Waals surface area contributed by atoms with Crippen LogP contribution in [-0.2, 0) is 14.5 Å². The van der Waals surface area contributed by atoms with Crippen LogP contribution in [0.2, 0.25) is 0 Å². The van der Waals surface area contributed by atoms with E-state index in [-0.39, 0.29) is 34.7 Å². The maximum atomic E-state index is 12.8. The average molecular weight is 513 g/mol. The molecule has 1 aliphatic rings. The number of hydrogen-bond donors (Lipinski definition) is 3. The number of benzene rings is 1. The van der Waals surface area contributed by atoms with Crippen LogP contribution in [0.15, 0.2) is 47.2 Å². The normalized spacial score (nSPS) is 14.6. The lowest BCUT2D eigenvalue weighted by atomic mass is 10.1. The smallest absolute Gasteiger partial charge is 0.254 e. The van der Waals surface area contributed by atoms with E-state index in [1.807, 2.05) is 5.32 Å². The molecule has 0 atom stereocenters. The van der Waals surface area contributed by atoms with Crippen molar-refractivity contribution in [2.75, 3.05) is 37.2 Å². The molecule has 0 unspecified atom stereocenters. The van der Waals surface area contributed by atoms with Gasteiger partial charge in [0.15, 0.2) is 11.6 Å². The molecule has 1 aromatic carbocycles. The van der Waals surface area contributed by atoms with Crippen molar-refractivity contribution in [3.8, 4) is 17.0 Å². The van der Waals surface area contributed by atoms with Crippen LogP contribution in [0.25, 0.3) is 11.3 Å². The van der Waals surface area contributed by atoms with Crippen LogP contribution >= 0.6 is 0 Å². The molecule has 2 heterocycles. The quantitative estimate of drug-likeness (QED) is 0.416. The number of methoxy groups -OCH3 is 1. The van der Waals surface area contributed by atoms with Crippen molar-refractivity contribution in [2.45, 2.75) is 12.8 Å². The molecule has 0 radical (unpaired) electrons. The summed E-state index contributed by atoms with van der Waals surface area (Å²) in [6, 6.07) is 6.62. The number of nitrogens with one attached hydrogen (secondary N) is 3. The molecule has 4 rings (SSSR count). The Balaban J connectivity index is 1.71. The highest BCUT2D eigenvalue weighted by molar-refractivity contribution is 7.92. The van der Waals surface area contributed by atoms with E-state index in [1.165, 1.54) is 44.3 Å². The number of rotatable bonds is 8. The zero-order valence-corrected chi connectivity index (χ0v) is 20.7. The summed E-state index contributed by atoms with van der Waals surface area (Å²) in [5.74, 6) is -0.348. The lowest BCUT2D eigenvalue weighted by molar-refractivity contribution is -0.117. The van der Waals surface area contributed by atoms with Gasteiger partial charge in [0.05, 0.1) is 42.1 Å². The molecule has 188 valence electrons. The number of hydrogen-bond acceptors (Lipinski definition) is 9. The molecule has 12 heteroatoms. The summed E-state index contributed by atoms with van der Waals surface area (Å²) >= 11 is 0. The van der Waals surface area contributed by atoms with Gasteiger partial charge in [-0.3, -0.25) is 14.6 Å². The second-order valence-corrected chi connectivity index (χ2v) is 10.9. The number of amides is 2. The number of para-hydroxylation sites is 1. The van der Waals surface area contributed by atoms with Crippen molar-refractivity contribution in [2.24, 2.45) is 10.3 Å². The van der Waals surface area contributed by atoms with Crippen molar-refractivity contribution in [1.29, 1.82) is 0 Å². The van der Waals surface area contributed by atoms with E-state index in [4.69, 9.17) is 8.85 Å². The largest absolute Gasteiger partial charge is 0.494 e. The highest BCUT2D eigenvalue weighted by atomic mass is 32.2. The van der Waals surface area contributed by atoms with E-state index in [0.717, 1.165) is 12.8 Å². The number of anilines is 3. The molecular weight excluding hydrogens is 482 g/mol. The molecule has 2 amide bonds. The van der Waals surface area contributed by atoms with E-state index >= 15 is 0 Å². The Morgan fingerprint density at radius 1 is 1.14 bits per heavy atom. The van der Waals surface area contributed by atoms with Gasteiger partial charge < -0.3 is 20.7 Å². The van der Waals surface area contributed by atoms with Crippen LogP contribution in [0.1, 0.15) is 27.3 Å². The molecule has 1 fully saturated rings. The first kappa shape index (κ1) is 21.2. The van der Waals surface area contributed by atoms with Gasteiger partial charge in [-0.1, -0.05) is 6.07 Å². The predicted octanol–water partition coefficient (Wildman–Crippen LogP) is 3.36. The van der Waals surface area contributed by atoms with Crippen molar-refractivity contribution in [3.05, 3.63) is 48.4 Å². The molecule has 0 aliphatic heterocycles. The molecule has 11 nitrogen and oxygen atoms in total.